The first-order valence-corrected chi connectivity index (χ1v) is 10.1. The number of hydrogen-bond acceptors (Lipinski definition) is 5. The van der Waals surface area contributed by atoms with Gasteiger partial charge in [-0.15, -0.1) is 0 Å². The molecule has 2 heterocycles. The van der Waals surface area contributed by atoms with Gasteiger partial charge in [0.05, 0.1) is 15.6 Å². The van der Waals surface area contributed by atoms with E-state index in [0.29, 0.717) is 39.0 Å². The number of benzene rings is 2. The molecule has 2 aromatic carbocycles. The maximum absolute atomic E-state index is 13.0. The minimum Gasteiger partial charge on any atom is -0.454 e. The van der Waals surface area contributed by atoms with E-state index >= 15 is 0 Å². The highest BCUT2D eigenvalue weighted by Gasteiger charge is 2.34. The summed E-state index contributed by atoms with van der Waals surface area (Å²) >= 11 is 7.61. The molecule has 0 aromatic heterocycles. The molecule has 2 aliphatic rings. The summed E-state index contributed by atoms with van der Waals surface area (Å²) in [7, 11) is 0. The van der Waals surface area contributed by atoms with Gasteiger partial charge in [-0.1, -0.05) is 43.6 Å². The minimum absolute atomic E-state index is 0.0535. The van der Waals surface area contributed by atoms with Gasteiger partial charge >= 0.3 is 0 Å². The predicted octanol–water partition coefficient (Wildman–Crippen LogP) is 5.33. The van der Waals surface area contributed by atoms with Crippen LogP contribution in [0.15, 0.2) is 52.4 Å². The number of hydrogen-bond donors (Lipinski definition) is 0. The molecule has 0 bridgehead atoms. The first-order chi connectivity index (χ1) is 13.5. The first-order valence-electron chi connectivity index (χ1n) is 8.95. The summed E-state index contributed by atoms with van der Waals surface area (Å²) in [6, 6.07) is 13.0. The smallest absolute Gasteiger partial charge is 0.266 e. The monoisotopic (exact) mass is 414 g/mol. The van der Waals surface area contributed by atoms with Crippen LogP contribution in [0, 0.1) is 5.92 Å². The Bertz CT molecular complexity index is 987. The second-order valence-electron chi connectivity index (χ2n) is 6.88. The number of carbonyl (C=O) groups is 1. The number of ether oxygens (including phenoxy) is 2. The van der Waals surface area contributed by atoms with Crippen molar-refractivity contribution in [3.05, 3.63) is 58.0 Å². The molecule has 0 saturated carbocycles. The van der Waals surface area contributed by atoms with Crippen LogP contribution in [0.1, 0.15) is 19.4 Å². The maximum Gasteiger partial charge on any atom is 0.266 e. The fourth-order valence-electron chi connectivity index (χ4n) is 2.92. The lowest BCUT2D eigenvalue weighted by atomic mass is 10.1. The van der Waals surface area contributed by atoms with Gasteiger partial charge in [-0.2, -0.15) is 0 Å². The van der Waals surface area contributed by atoms with Crippen molar-refractivity contribution < 1.29 is 14.3 Å². The van der Waals surface area contributed by atoms with Gasteiger partial charge in [0.1, 0.15) is 0 Å². The molecule has 0 atom stereocenters. The zero-order valence-corrected chi connectivity index (χ0v) is 17.1. The summed E-state index contributed by atoms with van der Waals surface area (Å²) in [4.78, 5) is 20.0. The molecule has 2 aliphatic heterocycles. The molecule has 7 heteroatoms. The van der Waals surface area contributed by atoms with Crippen molar-refractivity contribution in [3.8, 4) is 11.5 Å². The van der Waals surface area contributed by atoms with Crippen LogP contribution in [0.2, 0.25) is 5.02 Å². The normalized spacial score (nSPS) is 18.7. The van der Waals surface area contributed by atoms with Crippen LogP contribution in [-0.4, -0.2) is 29.3 Å². The number of thioether (sulfide) groups is 1. The average Bonchev–Trinajstić information content (AvgIpc) is 3.23. The Labute approximate surface area is 173 Å². The number of fused-ring (bicyclic) bond motifs is 1. The molecular weight excluding hydrogens is 396 g/mol. The molecule has 2 aromatic rings. The lowest BCUT2D eigenvalue weighted by molar-refractivity contribution is -0.122. The number of para-hydroxylation sites is 1. The van der Waals surface area contributed by atoms with Crippen molar-refractivity contribution >= 4 is 46.2 Å². The molecule has 0 spiro atoms. The van der Waals surface area contributed by atoms with Gasteiger partial charge in [0.15, 0.2) is 16.7 Å². The van der Waals surface area contributed by atoms with Crippen LogP contribution in [-0.2, 0) is 4.79 Å². The number of carbonyl (C=O) groups excluding carboxylic acids is 1. The molecule has 0 unspecified atom stereocenters. The fraction of sp³-hybridized carbons (Fsp3) is 0.238. The topological polar surface area (TPSA) is 51.1 Å². The van der Waals surface area contributed by atoms with E-state index in [1.165, 1.54) is 11.8 Å². The van der Waals surface area contributed by atoms with E-state index in [4.69, 9.17) is 21.1 Å². The zero-order valence-electron chi connectivity index (χ0n) is 15.5. The summed E-state index contributed by atoms with van der Waals surface area (Å²) < 4.78 is 10.8. The Hall–Kier alpha value is -2.44. The van der Waals surface area contributed by atoms with Crippen molar-refractivity contribution in [2.75, 3.05) is 13.3 Å². The van der Waals surface area contributed by atoms with E-state index in [1.807, 2.05) is 42.5 Å². The molecule has 1 amide bonds. The van der Waals surface area contributed by atoms with Gasteiger partial charge in [0, 0.05) is 6.54 Å². The molecular formula is C21H19ClN2O3S. The summed E-state index contributed by atoms with van der Waals surface area (Å²) in [5.41, 5.74) is 1.53. The Balaban J connectivity index is 1.68. The third-order valence-corrected chi connectivity index (χ3v) is 5.52. The van der Waals surface area contributed by atoms with E-state index in [0.717, 1.165) is 11.3 Å². The van der Waals surface area contributed by atoms with E-state index in [2.05, 4.69) is 18.8 Å². The Morgan fingerprint density at radius 1 is 1.21 bits per heavy atom. The van der Waals surface area contributed by atoms with Gasteiger partial charge < -0.3 is 9.47 Å². The van der Waals surface area contributed by atoms with E-state index < -0.39 is 0 Å². The first kappa shape index (κ1) is 18.9. The number of amides is 1. The Morgan fingerprint density at radius 3 is 2.79 bits per heavy atom. The van der Waals surface area contributed by atoms with Crippen LogP contribution >= 0.6 is 23.4 Å². The maximum atomic E-state index is 13.0. The zero-order chi connectivity index (χ0) is 19.7. The highest BCUT2D eigenvalue weighted by atomic mass is 35.5. The van der Waals surface area contributed by atoms with Crippen LogP contribution in [0.3, 0.4) is 0 Å². The van der Waals surface area contributed by atoms with Crippen LogP contribution in [0.5, 0.6) is 11.5 Å². The van der Waals surface area contributed by atoms with Gasteiger partial charge in [-0.25, -0.2) is 4.99 Å². The third-order valence-electron chi connectivity index (χ3n) is 4.20. The fourth-order valence-corrected chi connectivity index (χ4v) is 4.10. The van der Waals surface area contributed by atoms with Crippen LogP contribution in [0.4, 0.5) is 5.69 Å². The minimum atomic E-state index is -0.0535. The summed E-state index contributed by atoms with van der Waals surface area (Å²) in [6.45, 7) is 4.96. The summed E-state index contributed by atoms with van der Waals surface area (Å²) in [6.07, 6.45) is 1.86. The molecule has 5 nitrogen and oxygen atoms in total. The Kier molecular flexibility index (Phi) is 5.33. The standard InChI is InChI=1S/C21H19ClN2O3S/c1-13(2)11-24-20(25)19(10-14-7-8-17-18(9-14)27-12-26-17)28-21(24)23-16-6-4-3-5-15(16)22/h3-10,13H,11-12H2,1-2H3/b19-10+,23-21?. The van der Waals surface area contributed by atoms with Crippen LogP contribution < -0.4 is 9.47 Å². The number of rotatable bonds is 4. The second kappa shape index (κ2) is 7.89. The molecule has 1 fully saturated rings. The summed E-state index contributed by atoms with van der Waals surface area (Å²) in [5, 5.41) is 1.19. The average molecular weight is 415 g/mol. The quantitative estimate of drug-likeness (QED) is 0.634. The number of amidine groups is 1. The van der Waals surface area contributed by atoms with Gasteiger partial charge in [0.2, 0.25) is 6.79 Å². The van der Waals surface area contributed by atoms with Gasteiger partial charge in [-0.3, -0.25) is 9.69 Å². The van der Waals surface area contributed by atoms with E-state index in [9.17, 15) is 4.79 Å². The number of aliphatic imine (C=N–C) groups is 1. The molecule has 4 rings (SSSR count). The largest absolute Gasteiger partial charge is 0.454 e. The number of halogens is 1. The lowest BCUT2D eigenvalue weighted by Gasteiger charge is -2.17. The lowest BCUT2D eigenvalue weighted by Crippen LogP contribution is -2.32. The van der Waals surface area contributed by atoms with Crippen molar-refractivity contribution in [2.45, 2.75) is 13.8 Å². The highest BCUT2D eigenvalue weighted by molar-refractivity contribution is 8.18. The van der Waals surface area contributed by atoms with Gasteiger partial charge in [-0.05, 0) is 53.6 Å². The molecule has 28 heavy (non-hydrogen) atoms. The van der Waals surface area contributed by atoms with Crippen molar-refractivity contribution in [1.82, 2.24) is 4.90 Å². The summed E-state index contributed by atoms with van der Waals surface area (Å²) in [5.74, 6) is 1.66. The number of nitrogens with zero attached hydrogens (tertiary/aromatic N) is 2. The molecule has 1 saturated heterocycles. The van der Waals surface area contributed by atoms with Crippen molar-refractivity contribution in [2.24, 2.45) is 10.9 Å². The SMILES string of the molecule is CC(C)CN1C(=O)/C(=C\c2ccc3c(c2)OCO3)SC1=Nc1ccccc1Cl. The molecule has 0 N–H and O–H groups in total. The van der Waals surface area contributed by atoms with Crippen LogP contribution in [0.25, 0.3) is 6.08 Å². The predicted molar refractivity (Wildman–Crippen MR) is 113 cm³/mol. The third kappa shape index (κ3) is 3.88. The van der Waals surface area contributed by atoms with Gasteiger partial charge in [0.25, 0.3) is 5.91 Å². The molecule has 0 aliphatic carbocycles. The highest BCUT2D eigenvalue weighted by Crippen LogP contribution is 2.38. The van der Waals surface area contributed by atoms with Crippen molar-refractivity contribution in [1.29, 1.82) is 0 Å². The van der Waals surface area contributed by atoms with E-state index in [-0.39, 0.29) is 12.7 Å². The van der Waals surface area contributed by atoms with E-state index in [1.54, 1.807) is 11.0 Å². The molecule has 144 valence electrons. The van der Waals surface area contributed by atoms with Crippen molar-refractivity contribution in [3.63, 3.8) is 0 Å². The second-order valence-corrected chi connectivity index (χ2v) is 8.30. The Morgan fingerprint density at radius 2 is 2.00 bits per heavy atom. The molecule has 0 radical (unpaired) electrons.